The van der Waals surface area contributed by atoms with Gasteiger partial charge in [0.05, 0.1) is 4.92 Å². The van der Waals surface area contributed by atoms with Crippen LogP contribution in [0.25, 0.3) is 6.08 Å². The molecule has 7 nitrogen and oxygen atoms in total. The van der Waals surface area contributed by atoms with Crippen molar-refractivity contribution in [3.8, 4) is 0 Å². The summed E-state index contributed by atoms with van der Waals surface area (Å²) in [4.78, 5) is 34.4. The Bertz CT molecular complexity index is 905. The Morgan fingerprint density at radius 1 is 1.19 bits per heavy atom. The standard InChI is InChI=1S/C20H20N2O5/c1-13-6-4-9-18(14(13)2)21-20(24)15(3)27-19(23)11-10-16-7-5-8-17(12-16)22(25)26/h4-12,15H,1-3H3,(H,21,24)/b11-10+. The van der Waals surface area contributed by atoms with Crippen molar-refractivity contribution in [2.75, 3.05) is 5.32 Å². The predicted molar refractivity (Wildman–Crippen MR) is 102 cm³/mol. The van der Waals surface area contributed by atoms with E-state index in [0.29, 0.717) is 11.3 Å². The lowest BCUT2D eigenvalue weighted by atomic mass is 10.1. The van der Waals surface area contributed by atoms with E-state index in [1.807, 2.05) is 26.0 Å². The number of nitrogens with zero attached hydrogens (tertiary/aromatic N) is 1. The third-order valence-electron chi connectivity index (χ3n) is 4.02. The van der Waals surface area contributed by atoms with Crippen molar-refractivity contribution >= 4 is 29.3 Å². The van der Waals surface area contributed by atoms with E-state index in [2.05, 4.69) is 5.32 Å². The molecule has 1 atom stereocenters. The first-order valence-corrected chi connectivity index (χ1v) is 8.28. The molecule has 2 rings (SSSR count). The molecule has 1 N–H and O–H groups in total. The van der Waals surface area contributed by atoms with Gasteiger partial charge in [-0.05, 0) is 49.6 Å². The van der Waals surface area contributed by atoms with Gasteiger partial charge in [-0.3, -0.25) is 14.9 Å². The van der Waals surface area contributed by atoms with Crippen molar-refractivity contribution in [2.45, 2.75) is 26.9 Å². The Balaban J connectivity index is 1.96. The van der Waals surface area contributed by atoms with E-state index >= 15 is 0 Å². The number of ether oxygens (including phenoxy) is 1. The first-order chi connectivity index (χ1) is 12.8. The summed E-state index contributed by atoms with van der Waals surface area (Å²) >= 11 is 0. The molecule has 0 saturated heterocycles. The smallest absolute Gasteiger partial charge is 0.331 e. The summed E-state index contributed by atoms with van der Waals surface area (Å²) in [5, 5.41) is 13.5. The van der Waals surface area contributed by atoms with Gasteiger partial charge in [-0.15, -0.1) is 0 Å². The Morgan fingerprint density at radius 3 is 2.59 bits per heavy atom. The Kier molecular flexibility index (Phi) is 6.43. The molecule has 0 aromatic heterocycles. The Morgan fingerprint density at radius 2 is 1.89 bits per heavy atom. The number of hydrogen-bond donors (Lipinski definition) is 1. The fraction of sp³-hybridized carbons (Fsp3) is 0.200. The minimum Gasteiger partial charge on any atom is -0.449 e. The van der Waals surface area contributed by atoms with Crippen molar-refractivity contribution in [1.82, 2.24) is 0 Å². The number of carbonyl (C=O) groups is 2. The maximum absolute atomic E-state index is 12.2. The molecular formula is C20H20N2O5. The second-order valence-corrected chi connectivity index (χ2v) is 6.00. The number of nitro groups is 1. The molecule has 0 spiro atoms. The summed E-state index contributed by atoms with van der Waals surface area (Å²) in [6.45, 7) is 5.30. The molecule has 0 saturated carbocycles. The van der Waals surface area contributed by atoms with Gasteiger partial charge in [0.15, 0.2) is 6.10 Å². The maximum atomic E-state index is 12.2. The van der Waals surface area contributed by atoms with Gasteiger partial charge in [0, 0.05) is 23.9 Å². The third kappa shape index (κ3) is 5.50. The van der Waals surface area contributed by atoms with Crippen LogP contribution in [0.3, 0.4) is 0 Å². The van der Waals surface area contributed by atoms with Crippen molar-refractivity contribution < 1.29 is 19.2 Å². The molecule has 2 aromatic carbocycles. The highest BCUT2D eigenvalue weighted by Crippen LogP contribution is 2.18. The third-order valence-corrected chi connectivity index (χ3v) is 4.02. The number of benzene rings is 2. The van der Waals surface area contributed by atoms with E-state index in [9.17, 15) is 19.7 Å². The van der Waals surface area contributed by atoms with Gasteiger partial charge in [0.25, 0.3) is 11.6 Å². The highest BCUT2D eigenvalue weighted by molar-refractivity contribution is 5.97. The molecule has 7 heteroatoms. The van der Waals surface area contributed by atoms with Gasteiger partial charge in [-0.1, -0.05) is 24.3 Å². The summed E-state index contributed by atoms with van der Waals surface area (Å²) in [7, 11) is 0. The normalized spacial score (nSPS) is 11.8. The monoisotopic (exact) mass is 368 g/mol. The van der Waals surface area contributed by atoms with Gasteiger partial charge in [0.2, 0.25) is 0 Å². The lowest BCUT2D eigenvalue weighted by Gasteiger charge is -2.14. The zero-order valence-corrected chi connectivity index (χ0v) is 15.3. The molecule has 1 amide bonds. The van der Waals surface area contributed by atoms with Crippen molar-refractivity contribution in [1.29, 1.82) is 0 Å². The van der Waals surface area contributed by atoms with Gasteiger partial charge in [0.1, 0.15) is 0 Å². The average molecular weight is 368 g/mol. The second-order valence-electron chi connectivity index (χ2n) is 6.00. The van der Waals surface area contributed by atoms with Crippen LogP contribution in [0.1, 0.15) is 23.6 Å². The van der Waals surface area contributed by atoms with Crippen LogP contribution in [-0.2, 0) is 14.3 Å². The molecule has 0 bridgehead atoms. The summed E-state index contributed by atoms with van der Waals surface area (Å²) in [6, 6.07) is 11.4. The van der Waals surface area contributed by atoms with Crippen LogP contribution in [0.2, 0.25) is 0 Å². The summed E-state index contributed by atoms with van der Waals surface area (Å²) in [5.74, 6) is -1.16. The fourth-order valence-corrected chi connectivity index (χ4v) is 2.29. The number of hydrogen-bond acceptors (Lipinski definition) is 5. The van der Waals surface area contributed by atoms with Crippen LogP contribution < -0.4 is 5.32 Å². The van der Waals surface area contributed by atoms with Crippen LogP contribution in [0, 0.1) is 24.0 Å². The van der Waals surface area contributed by atoms with E-state index in [0.717, 1.165) is 17.2 Å². The van der Waals surface area contributed by atoms with E-state index < -0.39 is 22.9 Å². The SMILES string of the molecule is Cc1cccc(NC(=O)C(C)OC(=O)/C=C/c2cccc([N+](=O)[O-])c2)c1C. The van der Waals surface area contributed by atoms with E-state index in [-0.39, 0.29) is 5.69 Å². The molecule has 0 aliphatic rings. The lowest BCUT2D eigenvalue weighted by molar-refractivity contribution is -0.384. The van der Waals surface area contributed by atoms with Crippen LogP contribution in [0.5, 0.6) is 0 Å². The molecule has 140 valence electrons. The first-order valence-electron chi connectivity index (χ1n) is 8.28. The number of nitrogens with one attached hydrogen (secondary N) is 1. The number of esters is 1. The summed E-state index contributed by atoms with van der Waals surface area (Å²) < 4.78 is 5.08. The number of amides is 1. The van der Waals surface area contributed by atoms with E-state index in [1.54, 1.807) is 12.1 Å². The van der Waals surface area contributed by atoms with Crippen molar-refractivity contribution in [3.05, 3.63) is 75.3 Å². The number of anilines is 1. The minimum atomic E-state index is -0.993. The summed E-state index contributed by atoms with van der Waals surface area (Å²) in [6.07, 6.45) is 1.53. The highest BCUT2D eigenvalue weighted by Gasteiger charge is 2.17. The molecule has 0 heterocycles. The van der Waals surface area contributed by atoms with E-state index in [4.69, 9.17) is 4.74 Å². The molecule has 1 unspecified atom stereocenters. The van der Waals surface area contributed by atoms with Crippen molar-refractivity contribution in [2.24, 2.45) is 0 Å². The van der Waals surface area contributed by atoms with Gasteiger partial charge in [-0.2, -0.15) is 0 Å². The van der Waals surface area contributed by atoms with Crippen LogP contribution in [-0.4, -0.2) is 22.9 Å². The predicted octanol–water partition coefficient (Wildman–Crippen LogP) is 3.80. The number of aryl methyl sites for hydroxylation is 1. The van der Waals surface area contributed by atoms with Gasteiger partial charge < -0.3 is 10.1 Å². The van der Waals surface area contributed by atoms with E-state index in [1.165, 1.54) is 31.2 Å². The molecule has 0 radical (unpaired) electrons. The molecule has 27 heavy (non-hydrogen) atoms. The minimum absolute atomic E-state index is 0.0770. The first kappa shape index (κ1) is 19.8. The average Bonchev–Trinajstić information content (AvgIpc) is 2.64. The number of rotatable bonds is 6. The molecule has 0 aliphatic heterocycles. The summed E-state index contributed by atoms with van der Waals surface area (Å²) in [5.41, 5.74) is 3.04. The largest absolute Gasteiger partial charge is 0.449 e. The fourth-order valence-electron chi connectivity index (χ4n) is 2.29. The number of carbonyl (C=O) groups excluding carboxylic acids is 2. The Hall–Kier alpha value is -3.48. The maximum Gasteiger partial charge on any atom is 0.331 e. The van der Waals surface area contributed by atoms with Crippen LogP contribution in [0.4, 0.5) is 11.4 Å². The number of non-ortho nitro benzene ring substituents is 1. The topological polar surface area (TPSA) is 98.5 Å². The van der Waals surface area contributed by atoms with Crippen LogP contribution >= 0.6 is 0 Å². The molecule has 0 fully saturated rings. The molecule has 2 aromatic rings. The van der Waals surface area contributed by atoms with Gasteiger partial charge >= 0.3 is 5.97 Å². The number of nitro benzene ring substituents is 1. The molecule has 0 aliphatic carbocycles. The highest BCUT2D eigenvalue weighted by atomic mass is 16.6. The zero-order valence-electron chi connectivity index (χ0n) is 15.3. The quantitative estimate of drug-likeness (QED) is 0.362. The zero-order chi connectivity index (χ0) is 20.0. The Labute approximate surface area is 156 Å². The second kappa shape index (κ2) is 8.75. The van der Waals surface area contributed by atoms with Crippen LogP contribution in [0.15, 0.2) is 48.5 Å². The lowest BCUT2D eigenvalue weighted by Crippen LogP contribution is -2.29. The van der Waals surface area contributed by atoms with Crippen molar-refractivity contribution in [3.63, 3.8) is 0 Å². The molecular weight excluding hydrogens is 348 g/mol. The van der Waals surface area contributed by atoms with Gasteiger partial charge in [-0.25, -0.2) is 4.79 Å².